The number of anilines is 2. The summed E-state index contributed by atoms with van der Waals surface area (Å²) < 4.78 is 17.1. The van der Waals surface area contributed by atoms with Crippen LogP contribution in [-0.2, 0) is 9.09 Å². The molecule has 118 valence electrons. The summed E-state index contributed by atoms with van der Waals surface area (Å²) in [5, 5.41) is 2.93. The molecule has 0 spiro atoms. The van der Waals surface area contributed by atoms with Gasteiger partial charge in [0.2, 0.25) is 0 Å². The van der Waals surface area contributed by atoms with Crippen molar-refractivity contribution < 1.29 is 14.0 Å². The van der Waals surface area contributed by atoms with Gasteiger partial charge >= 0.3 is 7.60 Å². The summed E-state index contributed by atoms with van der Waals surface area (Å²) in [4.78, 5) is 34.6. The fourth-order valence-corrected chi connectivity index (χ4v) is 3.63. The molecule has 0 aromatic heterocycles. The average molecular weight is 316 g/mol. The predicted molar refractivity (Wildman–Crippen MR) is 82.2 cm³/mol. The number of fused-ring (bicyclic) bond motifs is 1. The first-order chi connectivity index (χ1) is 9.85. The Kier molecular flexibility index (Phi) is 4.86. The third-order valence-electron chi connectivity index (χ3n) is 3.68. The van der Waals surface area contributed by atoms with Gasteiger partial charge in [0.15, 0.2) is 0 Å². The first kappa shape index (κ1) is 16.2. The van der Waals surface area contributed by atoms with Crippen molar-refractivity contribution in [1.82, 2.24) is 0 Å². The fourth-order valence-electron chi connectivity index (χ4n) is 2.32. The lowest BCUT2D eigenvalue weighted by Crippen LogP contribution is -2.42. The van der Waals surface area contributed by atoms with Crippen LogP contribution in [0.5, 0.6) is 0 Å². The molecule has 1 heterocycles. The monoisotopic (exact) mass is 316 g/mol. The van der Waals surface area contributed by atoms with Gasteiger partial charge in [0.05, 0.1) is 12.3 Å². The predicted octanol–water partition coefficient (Wildman–Crippen LogP) is 0.905. The Morgan fingerprint density at radius 2 is 2.14 bits per heavy atom. The summed E-state index contributed by atoms with van der Waals surface area (Å²) in [6.07, 6.45) is 1.07. The molecule has 2 rings (SSSR count). The highest BCUT2D eigenvalue weighted by Crippen LogP contribution is 2.43. The summed E-state index contributed by atoms with van der Waals surface area (Å²) >= 11 is 0. The summed E-state index contributed by atoms with van der Waals surface area (Å²) in [5.74, 6) is 0. The van der Waals surface area contributed by atoms with E-state index in [0.29, 0.717) is 30.9 Å². The fraction of sp³-hybridized carbons (Fsp3) is 0.692. The molecular formula is C13H21N2O5P. The highest BCUT2D eigenvalue weighted by atomic mass is 31.2. The van der Waals surface area contributed by atoms with E-state index < -0.39 is 18.5 Å². The van der Waals surface area contributed by atoms with Gasteiger partial charge in [-0.05, 0) is 19.8 Å². The second-order valence-electron chi connectivity index (χ2n) is 5.33. The van der Waals surface area contributed by atoms with Crippen molar-refractivity contribution in [1.29, 1.82) is 0 Å². The molecule has 0 saturated carbocycles. The molecule has 1 aromatic rings. The summed E-state index contributed by atoms with van der Waals surface area (Å²) in [6, 6.07) is 0. The molecule has 0 amide bonds. The molecule has 21 heavy (non-hydrogen) atoms. The van der Waals surface area contributed by atoms with Crippen LogP contribution in [-0.4, -0.2) is 36.8 Å². The first-order valence-corrected chi connectivity index (χ1v) is 8.94. The lowest BCUT2D eigenvalue weighted by molar-refractivity contribution is 0.186. The van der Waals surface area contributed by atoms with Crippen molar-refractivity contribution in [2.45, 2.75) is 32.8 Å². The molecule has 0 bridgehead atoms. The van der Waals surface area contributed by atoms with E-state index in [1.54, 1.807) is 11.8 Å². The Morgan fingerprint density at radius 3 is 2.81 bits per heavy atom. The van der Waals surface area contributed by atoms with Gasteiger partial charge in [-0.25, -0.2) is 0 Å². The van der Waals surface area contributed by atoms with Crippen LogP contribution in [0.25, 0.3) is 0 Å². The Bertz CT molecular complexity index is 622. The highest BCUT2D eigenvalue weighted by molar-refractivity contribution is 7.52. The van der Waals surface area contributed by atoms with E-state index in [1.807, 2.05) is 6.92 Å². The molecule has 2 N–H and O–H groups in total. The lowest BCUT2D eigenvalue weighted by atomic mass is 10.2. The largest absolute Gasteiger partial charge is 0.380 e. The van der Waals surface area contributed by atoms with Crippen LogP contribution in [0.3, 0.4) is 0 Å². The van der Waals surface area contributed by atoms with Crippen LogP contribution in [0, 0.1) is 0 Å². The minimum Gasteiger partial charge on any atom is -0.380 e. The Morgan fingerprint density at radius 1 is 1.43 bits per heavy atom. The molecule has 2 unspecified atom stereocenters. The highest BCUT2D eigenvalue weighted by Gasteiger charge is 2.30. The van der Waals surface area contributed by atoms with Gasteiger partial charge in [-0.1, -0.05) is 6.92 Å². The van der Waals surface area contributed by atoms with Crippen molar-refractivity contribution in [3.8, 4) is 0 Å². The molecule has 1 aromatic carbocycles. The number of rotatable bonds is 6. The van der Waals surface area contributed by atoms with Crippen molar-refractivity contribution >= 4 is 19.0 Å². The second-order valence-corrected chi connectivity index (χ2v) is 7.27. The molecule has 2 atom stereocenters. The third kappa shape index (κ3) is 3.54. The Hall–Kier alpha value is -1.17. The number of nitrogens with zero attached hydrogens (tertiary/aromatic N) is 1. The number of nitrogens with one attached hydrogen (secondary N) is 1. The topological polar surface area (TPSA) is 95.9 Å². The maximum Gasteiger partial charge on any atom is 0.330 e. The number of hydrogen-bond acceptors (Lipinski definition) is 6. The SMILES string of the molecule is CCC(C)OP(=O)(O)CCN1CCCNc2c1c(=O)c2=O. The van der Waals surface area contributed by atoms with Crippen LogP contribution < -0.4 is 21.1 Å². The normalized spacial score (nSPS) is 19.5. The molecule has 1 aliphatic heterocycles. The van der Waals surface area contributed by atoms with Gasteiger partial charge < -0.3 is 19.6 Å². The standard InChI is InChI=1S/C13H21N2O5P/c1-3-9(2)20-21(18,19)8-7-15-6-4-5-14-10-11(15)13(17)12(10)16/h9,14H,3-8H2,1-2H3,(H,18,19). The van der Waals surface area contributed by atoms with Crippen LogP contribution in [0.15, 0.2) is 9.59 Å². The minimum atomic E-state index is -3.68. The third-order valence-corrected chi connectivity index (χ3v) is 5.13. The van der Waals surface area contributed by atoms with Crippen LogP contribution in [0.2, 0.25) is 0 Å². The van der Waals surface area contributed by atoms with Crippen molar-refractivity contribution in [2.24, 2.45) is 0 Å². The number of hydrogen-bond donors (Lipinski definition) is 2. The van der Waals surface area contributed by atoms with E-state index in [4.69, 9.17) is 4.52 Å². The summed E-state index contributed by atoms with van der Waals surface area (Å²) in [7, 11) is -3.68. The molecule has 0 aliphatic carbocycles. The zero-order valence-corrected chi connectivity index (χ0v) is 13.2. The van der Waals surface area contributed by atoms with Gasteiger partial charge in [-0.15, -0.1) is 0 Å². The lowest BCUT2D eigenvalue weighted by Gasteiger charge is -2.26. The van der Waals surface area contributed by atoms with Crippen LogP contribution in [0.1, 0.15) is 26.7 Å². The zero-order chi connectivity index (χ0) is 15.6. The Balaban J connectivity index is 2.04. The Labute approximate surface area is 123 Å². The zero-order valence-electron chi connectivity index (χ0n) is 12.3. The van der Waals surface area contributed by atoms with E-state index in [1.165, 1.54) is 0 Å². The quantitative estimate of drug-likeness (QED) is 0.594. The van der Waals surface area contributed by atoms with Gasteiger partial charge in [0.25, 0.3) is 10.9 Å². The molecule has 8 heteroatoms. The maximum absolute atomic E-state index is 12.0. The van der Waals surface area contributed by atoms with Gasteiger partial charge in [-0.3, -0.25) is 14.2 Å². The molecule has 0 fully saturated rings. The van der Waals surface area contributed by atoms with E-state index in [-0.39, 0.29) is 18.8 Å². The first-order valence-electron chi connectivity index (χ1n) is 7.18. The van der Waals surface area contributed by atoms with Gasteiger partial charge in [0, 0.05) is 19.6 Å². The van der Waals surface area contributed by atoms with E-state index >= 15 is 0 Å². The molecule has 0 saturated heterocycles. The molecular weight excluding hydrogens is 295 g/mol. The van der Waals surface area contributed by atoms with E-state index in [2.05, 4.69) is 5.32 Å². The van der Waals surface area contributed by atoms with Gasteiger partial charge in [0.1, 0.15) is 11.4 Å². The van der Waals surface area contributed by atoms with Crippen molar-refractivity contribution in [3.63, 3.8) is 0 Å². The van der Waals surface area contributed by atoms with Crippen LogP contribution in [0.4, 0.5) is 11.4 Å². The molecule has 7 nitrogen and oxygen atoms in total. The van der Waals surface area contributed by atoms with Crippen LogP contribution >= 0.6 is 7.60 Å². The molecule has 1 aliphatic rings. The maximum atomic E-state index is 12.0. The van der Waals surface area contributed by atoms with Gasteiger partial charge in [-0.2, -0.15) is 0 Å². The van der Waals surface area contributed by atoms with E-state index in [0.717, 1.165) is 6.42 Å². The van der Waals surface area contributed by atoms with Crippen molar-refractivity contribution in [3.05, 3.63) is 20.4 Å². The summed E-state index contributed by atoms with van der Waals surface area (Å²) in [6.45, 7) is 5.04. The minimum absolute atomic E-state index is 0.0599. The second kappa shape index (κ2) is 6.30. The van der Waals surface area contributed by atoms with Crippen molar-refractivity contribution in [2.75, 3.05) is 36.0 Å². The molecule has 0 radical (unpaired) electrons. The summed E-state index contributed by atoms with van der Waals surface area (Å²) in [5.41, 5.74) is -0.330. The average Bonchev–Trinajstić information content (AvgIpc) is 2.64. The van der Waals surface area contributed by atoms with E-state index in [9.17, 15) is 19.0 Å². The smallest absolute Gasteiger partial charge is 0.330 e.